The largest absolute Gasteiger partial charge is 0.337 e. The number of imidazole rings is 1. The van der Waals surface area contributed by atoms with Crippen LogP contribution in [0.3, 0.4) is 0 Å². The van der Waals surface area contributed by atoms with Crippen LogP contribution in [0.1, 0.15) is 5.56 Å². The molecule has 2 rings (SSSR count). The number of nitrogens with two attached hydrogens (primary N) is 1. The van der Waals surface area contributed by atoms with Crippen molar-refractivity contribution < 1.29 is 8.42 Å². The molecule has 0 saturated heterocycles. The second kappa shape index (κ2) is 5.05. The average molecular weight is 283 g/mol. The summed E-state index contributed by atoms with van der Waals surface area (Å²) in [6.07, 6.45) is 4.44. The van der Waals surface area contributed by atoms with E-state index < -0.39 is 10.0 Å². The van der Waals surface area contributed by atoms with Crippen molar-refractivity contribution in [1.82, 2.24) is 9.55 Å². The molecule has 0 atom stereocenters. The number of sulfonamides is 1. The molecule has 0 aliphatic carbocycles. The van der Waals surface area contributed by atoms with Crippen molar-refractivity contribution in [2.45, 2.75) is 17.9 Å². The number of aryl methyl sites for hydroxylation is 2. The molecule has 0 radical (unpaired) electrons. The van der Waals surface area contributed by atoms with E-state index in [-0.39, 0.29) is 4.90 Å². The lowest BCUT2D eigenvalue weighted by Gasteiger charge is -2.04. The van der Waals surface area contributed by atoms with Gasteiger partial charge in [0.25, 0.3) is 0 Å². The maximum Gasteiger partial charge on any atom is 0.238 e. The van der Waals surface area contributed by atoms with Gasteiger partial charge in [0.15, 0.2) is 4.77 Å². The zero-order valence-corrected chi connectivity index (χ0v) is 11.2. The molecular weight excluding hydrogens is 270 g/mol. The Hall–Kier alpha value is -1.44. The summed E-state index contributed by atoms with van der Waals surface area (Å²) in [6.45, 7) is 0.747. The Morgan fingerprint density at radius 3 is 2.44 bits per heavy atom. The summed E-state index contributed by atoms with van der Waals surface area (Å²) in [7, 11) is -3.61. The Morgan fingerprint density at radius 2 is 1.94 bits per heavy atom. The van der Waals surface area contributed by atoms with Crippen molar-refractivity contribution in [2.24, 2.45) is 5.14 Å². The molecule has 0 fully saturated rings. The van der Waals surface area contributed by atoms with Gasteiger partial charge in [-0.2, -0.15) is 0 Å². The van der Waals surface area contributed by atoms with Gasteiger partial charge in [-0.3, -0.25) is 0 Å². The molecular formula is C11H13N3O2S2. The van der Waals surface area contributed by atoms with Gasteiger partial charge in [0.2, 0.25) is 10.0 Å². The van der Waals surface area contributed by atoms with E-state index in [9.17, 15) is 8.42 Å². The molecule has 96 valence electrons. The second-order valence-corrected chi connectivity index (χ2v) is 5.85. The average Bonchev–Trinajstić information content (AvgIpc) is 2.72. The Kier molecular flexibility index (Phi) is 3.65. The third-order valence-electron chi connectivity index (χ3n) is 2.62. The molecule has 0 amide bonds. The van der Waals surface area contributed by atoms with Crippen molar-refractivity contribution in [3.8, 4) is 0 Å². The standard InChI is InChI=1S/C11H13N3O2S2/c12-18(15,16)10-3-1-9(2-4-10)5-7-14-8-6-13-11(14)17/h1-4,6,8H,5,7H2,(H,13,17)(H2,12,15,16). The van der Waals surface area contributed by atoms with Crippen molar-refractivity contribution in [3.63, 3.8) is 0 Å². The SMILES string of the molecule is NS(=O)(=O)c1ccc(CCn2cc[nH]c2=S)cc1. The van der Waals surface area contributed by atoms with E-state index in [1.165, 1.54) is 12.1 Å². The topological polar surface area (TPSA) is 80.9 Å². The van der Waals surface area contributed by atoms with Crippen LogP contribution in [0.4, 0.5) is 0 Å². The lowest BCUT2D eigenvalue weighted by Crippen LogP contribution is -2.12. The molecule has 1 heterocycles. The molecule has 0 aliphatic rings. The molecule has 0 spiro atoms. The summed E-state index contributed by atoms with van der Waals surface area (Å²) in [5.74, 6) is 0. The van der Waals surface area contributed by atoms with Crippen molar-refractivity contribution in [1.29, 1.82) is 0 Å². The fraction of sp³-hybridized carbons (Fsp3) is 0.182. The summed E-state index contributed by atoms with van der Waals surface area (Å²) in [5.41, 5.74) is 1.03. The minimum Gasteiger partial charge on any atom is -0.337 e. The zero-order valence-electron chi connectivity index (χ0n) is 9.54. The van der Waals surface area contributed by atoms with Gasteiger partial charge in [-0.05, 0) is 36.3 Å². The van der Waals surface area contributed by atoms with Crippen LogP contribution in [0.2, 0.25) is 0 Å². The number of rotatable bonds is 4. The molecule has 7 heteroatoms. The number of primary sulfonamides is 1. The Balaban J connectivity index is 2.08. The van der Waals surface area contributed by atoms with Crippen molar-refractivity contribution in [2.75, 3.05) is 0 Å². The molecule has 0 aliphatic heterocycles. The highest BCUT2D eigenvalue weighted by Crippen LogP contribution is 2.10. The van der Waals surface area contributed by atoms with E-state index in [2.05, 4.69) is 4.98 Å². The first-order valence-electron chi connectivity index (χ1n) is 5.32. The van der Waals surface area contributed by atoms with Crippen molar-refractivity contribution >= 4 is 22.2 Å². The molecule has 0 saturated carbocycles. The van der Waals surface area contributed by atoms with Gasteiger partial charge in [-0.25, -0.2) is 13.6 Å². The number of benzene rings is 1. The molecule has 0 bridgehead atoms. The predicted octanol–water partition coefficient (Wildman–Crippen LogP) is 1.44. The van der Waals surface area contributed by atoms with E-state index in [0.717, 1.165) is 18.5 Å². The lowest BCUT2D eigenvalue weighted by molar-refractivity contribution is 0.597. The van der Waals surface area contributed by atoms with Crippen LogP contribution in [-0.4, -0.2) is 18.0 Å². The molecule has 2 aromatic rings. The fourth-order valence-corrected chi connectivity index (χ4v) is 2.36. The smallest absolute Gasteiger partial charge is 0.238 e. The van der Waals surface area contributed by atoms with E-state index in [1.807, 2.05) is 10.8 Å². The van der Waals surface area contributed by atoms with E-state index in [4.69, 9.17) is 17.4 Å². The molecule has 5 nitrogen and oxygen atoms in total. The van der Waals surface area contributed by atoms with Crippen LogP contribution < -0.4 is 5.14 Å². The number of nitrogens with zero attached hydrogens (tertiary/aromatic N) is 1. The van der Waals surface area contributed by atoms with Crippen LogP contribution in [0.15, 0.2) is 41.6 Å². The normalized spacial score (nSPS) is 11.6. The van der Waals surface area contributed by atoms with Crippen LogP contribution in [-0.2, 0) is 23.0 Å². The first-order valence-corrected chi connectivity index (χ1v) is 7.28. The maximum atomic E-state index is 11.1. The summed E-state index contributed by atoms with van der Waals surface area (Å²) in [5, 5.41) is 5.03. The molecule has 1 aromatic heterocycles. The monoisotopic (exact) mass is 283 g/mol. The van der Waals surface area contributed by atoms with Gasteiger partial charge in [0.1, 0.15) is 0 Å². The highest BCUT2D eigenvalue weighted by Gasteiger charge is 2.06. The third-order valence-corrected chi connectivity index (χ3v) is 3.90. The molecule has 1 aromatic carbocycles. The minimum atomic E-state index is -3.61. The van der Waals surface area contributed by atoms with Gasteiger partial charge in [0.05, 0.1) is 4.90 Å². The third kappa shape index (κ3) is 3.06. The van der Waals surface area contributed by atoms with Crippen LogP contribution >= 0.6 is 12.2 Å². The van der Waals surface area contributed by atoms with Crippen LogP contribution in [0.25, 0.3) is 0 Å². The molecule has 0 unspecified atom stereocenters. The maximum absolute atomic E-state index is 11.1. The number of aromatic nitrogens is 2. The van der Waals surface area contributed by atoms with Gasteiger partial charge >= 0.3 is 0 Å². The number of hydrogen-bond donors (Lipinski definition) is 2. The van der Waals surface area contributed by atoms with Gasteiger partial charge in [0, 0.05) is 18.9 Å². The van der Waals surface area contributed by atoms with E-state index >= 15 is 0 Å². The number of H-pyrrole nitrogens is 1. The number of hydrogen-bond acceptors (Lipinski definition) is 3. The Morgan fingerprint density at radius 1 is 1.28 bits per heavy atom. The Bertz CT molecular complexity index is 684. The van der Waals surface area contributed by atoms with Gasteiger partial charge < -0.3 is 9.55 Å². The first-order chi connectivity index (χ1) is 8.47. The van der Waals surface area contributed by atoms with Crippen LogP contribution in [0, 0.1) is 4.77 Å². The first kappa shape index (κ1) is 13.0. The number of aromatic amines is 1. The zero-order chi connectivity index (χ0) is 13.2. The quantitative estimate of drug-likeness (QED) is 0.833. The highest BCUT2D eigenvalue weighted by atomic mass is 32.2. The summed E-state index contributed by atoms with van der Waals surface area (Å²) >= 11 is 5.08. The Labute approximate surface area is 110 Å². The van der Waals surface area contributed by atoms with Gasteiger partial charge in [-0.15, -0.1) is 0 Å². The lowest BCUT2D eigenvalue weighted by atomic mass is 10.1. The summed E-state index contributed by atoms with van der Waals surface area (Å²) in [6, 6.07) is 6.55. The number of nitrogens with one attached hydrogen (secondary N) is 1. The van der Waals surface area contributed by atoms with Gasteiger partial charge in [-0.1, -0.05) is 12.1 Å². The van der Waals surface area contributed by atoms with E-state index in [1.54, 1.807) is 18.3 Å². The fourth-order valence-electron chi connectivity index (χ4n) is 1.62. The van der Waals surface area contributed by atoms with Crippen LogP contribution in [0.5, 0.6) is 0 Å². The molecule has 18 heavy (non-hydrogen) atoms. The summed E-state index contributed by atoms with van der Waals surface area (Å²) < 4.78 is 24.8. The minimum absolute atomic E-state index is 0.129. The second-order valence-electron chi connectivity index (χ2n) is 3.90. The highest BCUT2D eigenvalue weighted by molar-refractivity contribution is 7.89. The van der Waals surface area contributed by atoms with E-state index in [0.29, 0.717) is 4.77 Å². The summed E-state index contributed by atoms with van der Waals surface area (Å²) in [4.78, 5) is 3.05. The molecule has 3 N–H and O–H groups in total. The predicted molar refractivity (Wildman–Crippen MR) is 71.1 cm³/mol. The van der Waals surface area contributed by atoms with Crippen molar-refractivity contribution in [3.05, 3.63) is 47.0 Å².